The molecule has 2 atom stereocenters. The van der Waals surface area contributed by atoms with Gasteiger partial charge in [-0.2, -0.15) is 0 Å². The van der Waals surface area contributed by atoms with Gasteiger partial charge < -0.3 is 14.5 Å². The van der Waals surface area contributed by atoms with Gasteiger partial charge in [0.15, 0.2) is 11.5 Å². The molecule has 0 bridgehead atoms. The third-order valence-corrected chi connectivity index (χ3v) is 4.89. The van der Waals surface area contributed by atoms with Gasteiger partial charge in [0.1, 0.15) is 19.0 Å². The lowest BCUT2D eigenvalue weighted by Gasteiger charge is -2.17. The van der Waals surface area contributed by atoms with Gasteiger partial charge in [0.05, 0.1) is 11.0 Å². The van der Waals surface area contributed by atoms with Crippen molar-refractivity contribution >= 4 is 11.0 Å². The highest BCUT2D eigenvalue weighted by molar-refractivity contribution is 5.80. The molecule has 1 aliphatic heterocycles. The highest BCUT2D eigenvalue weighted by atomic mass is 16.6. The predicted octanol–water partition coefficient (Wildman–Crippen LogP) is 2.85. The van der Waals surface area contributed by atoms with Crippen LogP contribution in [0.2, 0.25) is 0 Å². The van der Waals surface area contributed by atoms with E-state index in [2.05, 4.69) is 4.98 Å². The van der Waals surface area contributed by atoms with Crippen molar-refractivity contribution in [1.82, 2.24) is 9.97 Å². The quantitative estimate of drug-likeness (QED) is 0.853. The first-order chi connectivity index (χ1) is 9.40. The van der Waals surface area contributed by atoms with Crippen LogP contribution in [-0.4, -0.2) is 23.2 Å². The minimum Gasteiger partial charge on any atom is -0.486 e. The molecule has 2 saturated carbocycles. The number of nitrogens with zero attached hydrogens (tertiary/aromatic N) is 1. The van der Waals surface area contributed by atoms with Crippen LogP contribution in [0.25, 0.3) is 11.0 Å². The summed E-state index contributed by atoms with van der Waals surface area (Å²) in [5.41, 5.74) is 2.08. The van der Waals surface area contributed by atoms with Crippen molar-refractivity contribution in [3.05, 3.63) is 18.0 Å². The second-order valence-electron chi connectivity index (χ2n) is 5.92. The Morgan fingerprint density at radius 1 is 1.05 bits per heavy atom. The van der Waals surface area contributed by atoms with Crippen molar-refractivity contribution < 1.29 is 9.47 Å². The predicted molar refractivity (Wildman–Crippen MR) is 70.7 cm³/mol. The summed E-state index contributed by atoms with van der Waals surface area (Å²) in [4.78, 5) is 8.26. The number of ether oxygens (including phenoxy) is 2. The summed E-state index contributed by atoms with van der Waals surface area (Å²) in [6.07, 6.45) is 4.17. The van der Waals surface area contributed by atoms with E-state index in [0.29, 0.717) is 19.1 Å². The summed E-state index contributed by atoms with van der Waals surface area (Å²) < 4.78 is 11.2. The lowest BCUT2D eigenvalue weighted by atomic mass is 10.1. The van der Waals surface area contributed by atoms with Gasteiger partial charge in [0.2, 0.25) is 0 Å². The number of rotatable bonds is 1. The Labute approximate surface area is 111 Å². The summed E-state index contributed by atoms with van der Waals surface area (Å²) in [5.74, 6) is 5.30. The van der Waals surface area contributed by atoms with E-state index in [1.54, 1.807) is 0 Å². The lowest BCUT2D eigenvalue weighted by Crippen LogP contribution is -2.15. The van der Waals surface area contributed by atoms with E-state index in [1.165, 1.54) is 25.1 Å². The summed E-state index contributed by atoms with van der Waals surface area (Å²) in [7, 11) is 0. The molecule has 0 spiro atoms. The van der Waals surface area contributed by atoms with Gasteiger partial charge >= 0.3 is 0 Å². The number of aromatic amines is 1. The molecule has 2 fully saturated rings. The van der Waals surface area contributed by atoms with Gasteiger partial charge in [-0.3, -0.25) is 0 Å². The minimum absolute atomic E-state index is 0.628. The zero-order valence-electron chi connectivity index (χ0n) is 10.7. The van der Waals surface area contributed by atoms with Gasteiger partial charge in [0, 0.05) is 18.1 Å². The van der Waals surface area contributed by atoms with Crippen LogP contribution in [0.5, 0.6) is 11.5 Å². The zero-order chi connectivity index (χ0) is 12.4. The molecule has 0 saturated heterocycles. The van der Waals surface area contributed by atoms with Crippen molar-refractivity contribution in [1.29, 1.82) is 0 Å². The molecule has 5 rings (SSSR count). The highest BCUT2D eigenvalue weighted by Gasteiger charge is 2.54. The molecule has 19 heavy (non-hydrogen) atoms. The Kier molecular flexibility index (Phi) is 1.83. The fraction of sp³-hybridized carbons (Fsp3) is 0.533. The normalized spacial score (nSPS) is 31.5. The molecule has 98 valence electrons. The topological polar surface area (TPSA) is 47.1 Å². The number of hydrogen-bond donors (Lipinski definition) is 1. The van der Waals surface area contributed by atoms with Crippen LogP contribution < -0.4 is 9.47 Å². The Hall–Kier alpha value is -1.71. The monoisotopic (exact) mass is 256 g/mol. The zero-order valence-corrected chi connectivity index (χ0v) is 10.7. The summed E-state index contributed by atoms with van der Waals surface area (Å²) in [6, 6.07) is 4.03. The minimum atomic E-state index is 0.628. The first kappa shape index (κ1) is 10.1. The Morgan fingerprint density at radius 2 is 1.79 bits per heavy atom. The van der Waals surface area contributed by atoms with Gasteiger partial charge in [-0.15, -0.1) is 0 Å². The molecule has 1 N–H and O–H groups in total. The van der Waals surface area contributed by atoms with Crippen LogP contribution >= 0.6 is 0 Å². The number of imidazole rings is 1. The van der Waals surface area contributed by atoms with Crippen molar-refractivity contribution in [3.63, 3.8) is 0 Å². The Balaban J connectivity index is 1.58. The number of benzene rings is 1. The summed E-state index contributed by atoms with van der Waals surface area (Å²) >= 11 is 0. The van der Waals surface area contributed by atoms with Crippen molar-refractivity contribution in [2.24, 2.45) is 11.8 Å². The molecule has 2 heterocycles. The maximum Gasteiger partial charge on any atom is 0.163 e. The molecular formula is C15H16N2O2. The number of aromatic nitrogens is 2. The highest BCUT2D eigenvalue weighted by Crippen LogP contribution is 2.62. The fourth-order valence-corrected chi connectivity index (χ4v) is 3.95. The molecule has 3 aliphatic rings. The summed E-state index contributed by atoms with van der Waals surface area (Å²) in [5, 5.41) is 0. The molecule has 0 radical (unpaired) electrons. The first-order valence-electron chi connectivity index (χ1n) is 7.19. The molecular weight excluding hydrogens is 240 g/mol. The van der Waals surface area contributed by atoms with Crippen LogP contribution in [0.3, 0.4) is 0 Å². The number of fused-ring (bicyclic) bond motifs is 3. The van der Waals surface area contributed by atoms with Gasteiger partial charge in [-0.25, -0.2) is 4.98 Å². The van der Waals surface area contributed by atoms with Crippen molar-refractivity contribution in [2.45, 2.75) is 25.2 Å². The third kappa shape index (κ3) is 1.37. The number of hydrogen-bond acceptors (Lipinski definition) is 3. The standard InChI is InChI=1S/C15H16N2O2/c1-2-8-9(3-1)14(8)15-16-10-6-12-13(7-11(10)17-15)19-5-4-18-12/h6-9,14H,1-5H2,(H,16,17). The largest absolute Gasteiger partial charge is 0.486 e. The lowest BCUT2D eigenvalue weighted by molar-refractivity contribution is 0.172. The van der Waals surface area contributed by atoms with Crippen molar-refractivity contribution in [3.8, 4) is 11.5 Å². The van der Waals surface area contributed by atoms with E-state index in [-0.39, 0.29) is 0 Å². The van der Waals surface area contributed by atoms with Crippen LogP contribution in [0.1, 0.15) is 31.0 Å². The Morgan fingerprint density at radius 3 is 2.58 bits per heavy atom. The second-order valence-corrected chi connectivity index (χ2v) is 5.92. The van der Waals surface area contributed by atoms with E-state index >= 15 is 0 Å². The molecule has 1 aromatic carbocycles. The third-order valence-electron chi connectivity index (χ3n) is 4.89. The van der Waals surface area contributed by atoms with Crippen molar-refractivity contribution in [2.75, 3.05) is 13.2 Å². The van der Waals surface area contributed by atoms with E-state index < -0.39 is 0 Å². The Bertz CT molecular complexity index is 610. The van der Waals surface area contributed by atoms with Gasteiger partial charge in [0.25, 0.3) is 0 Å². The fourth-order valence-electron chi connectivity index (χ4n) is 3.95. The summed E-state index contributed by atoms with van der Waals surface area (Å²) in [6.45, 7) is 1.26. The maximum absolute atomic E-state index is 5.62. The number of H-pyrrole nitrogens is 1. The molecule has 4 heteroatoms. The van der Waals surface area contributed by atoms with Crippen LogP contribution in [0.15, 0.2) is 12.1 Å². The molecule has 0 amide bonds. The van der Waals surface area contributed by atoms with Gasteiger partial charge in [-0.05, 0) is 24.7 Å². The van der Waals surface area contributed by atoms with E-state index in [9.17, 15) is 0 Å². The smallest absolute Gasteiger partial charge is 0.163 e. The molecule has 2 aliphatic carbocycles. The second kappa shape index (κ2) is 3.44. The van der Waals surface area contributed by atoms with E-state index in [1.807, 2.05) is 12.1 Å². The van der Waals surface area contributed by atoms with E-state index in [0.717, 1.165) is 34.4 Å². The molecule has 2 unspecified atom stereocenters. The number of nitrogens with one attached hydrogen (secondary N) is 1. The SMILES string of the molecule is c1c2c(cc3[nH]c(C4C5CCCC54)nc13)OCCO2. The van der Waals surface area contributed by atoms with Crippen LogP contribution in [-0.2, 0) is 0 Å². The molecule has 2 aromatic rings. The average Bonchev–Trinajstić information content (AvgIpc) is 2.80. The van der Waals surface area contributed by atoms with Gasteiger partial charge in [-0.1, -0.05) is 6.42 Å². The van der Waals surface area contributed by atoms with Crippen LogP contribution in [0.4, 0.5) is 0 Å². The molecule has 1 aromatic heterocycles. The average molecular weight is 256 g/mol. The first-order valence-corrected chi connectivity index (χ1v) is 7.19. The molecule has 4 nitrogen and oxygen atoms in total. The maximum atomic E-state index is 5.62. The van der Waals surface area contributed by atoms with Crippen LogP contribution in [0, 0.1) is 11.8 Å². The van der Waals surface area contributed by atoms with E-state index in [4.69, 9.17) is 14.5 Å².